The molecule has 0 spiro atoms. The molecule has 1 N–H and O–H groups in total. The van der Waals surface area contributed by atoms with E-state index in [4.69, 9.17) is 4.74 Å². The number of hydrogen-bond acceptors (Lipinski definition) is 6. The van der Waals surface area contributed by atoms with E-state index >= 15 is 0 Å². The minimum atomic E-state index is -0.479. The summed E-state index contributed by atoms with van der Waals surface area (Å²) < 4.78 is 5.13. The summed E-state index contributed by atoms with van der Waals surface area (Å²) in [7, 11) is 1.46. The Morgan fingerprint density at radius 2 is 2.08 bits per heavy atom. The first kappa shape index (κ1) is 17.4. The van der Waals surface area contributed by atoms with Crippen LogP contribution in [-0.4, -0.2) is 23.7 Å². The fourth-order valence-corrected chi connectivity index (χ4v) is 2.63. The van der Waals surface area contributed by atoms with Gasteiger partial charge in [0.25, 0.3) is 0 Å². The quantitative estimate of drug-likeness (QED) is 0.373. The van der Waals surface area contributed by atoms with E-state index in [2.05, 4.69) is 5.32 Å². The van der Waals surface area contributed by atoms with Crippen molar-refractivity contribution >= 4 is 39.8 Å². The van der Waals surface area contributed by atoms with Crippen molar-refractivity contribution in [3.8, 4) is 5.75 Å². The minimum Gasteiger partial charge on any atom is -0.495 e. The molecule has 0 saturated carbocycles. The molecule has 1 amide bonds. The van der Waals surface area contributed by atoms with Crippen LogP contribution in [0, 0.1) is 10.1 Å². The Labute approximate surface area is 141 Å². The number of ether oxygens (including phenoxy) is 1. The second-order valence-electron chi connectivity index (χ2n) is 4.77. The lowest BCUT2D eigenvalue weighted by Crippen LogP contribution is -2.08. The number of amides is 1. The van der Waals surface area contributed by atoms with Gasteiger partial charge in [-0.05, 0) is 35.9 Å². The number of allylic oxidation sites excluding steroid dienone is 1. The van der Waals surface area contributed by atoms with E-state index in [9.17, 15) is 19.7 Å². The topological polar surface area (TPSA) is 98.5 Å². The molecule has 24 heavy (non-hydrogen) atoms. The number of anilines is 1. The van der Waals surface area contributed by atoms with Crippen LogP contribution in [0.15, 0.2) is 35.7 Å². The van der Waals surface area contributed by atoms with E-state index in [1.54, 1.807) is 17.5 Å². The van der Waals surface area contributed by atoms with Gasteiger partial charge in [-0.1, -0.05) is 11.3 Å². The van der Waals surface area contributed by atoms with Gasteiger partial charge in [0.15, 0.2) is 5.78 Å². The highest BCUT2D eigenvalue weighted by atomic mass is 32.1. The minimum absolute atomic E-state index is 0.0134. The molecule has 0 atom stereocenters. The van der Waals surface area contributed by atoms with Crippen LogP contribution in [0.1, 0.15) is 22.8 Å². The monoisotopic (exact) mass is 346 g/mol. The number of nitrogens with zero attached hydrogens (tertiary/aromatic N) is 1. The van der Waals surface area contributed by atoms with Crippen LogP contribution in [0.3, 0.4) is 0 Å². The zero-order valence-electron chi connectivity index (χ0n) is 12.9. The third kappa shape index (κ3) is 4.26. The first-order valence-corrected chi connectivity index (χ1v) is 7.69. The maximum atomic E-state index is 12.2. The normalized spacial score (nSPS) is 10.6. The summed E-state index contributed by atoms with van der Waals surface area (Å²) in [6, 6.07) is 6.07. The van der Waals surface area contributed by atoms with Gasteiger partial charge in [0.05, 0.1) is 17.7 Å². The van der Waals surface area contributed by atoms with E-state index in [-0.39, 0.29) is 16.7 Å². The summed E-state index contributed by atoms with van der Waals surface area (Å²) in [5, 5.41) is 14.8. The summed E-state index contributed by atoms with van der Waals surface area (Å²) in [5.41, 5.74) is 1.34. The van der Waals surface area contributed by atoms with Crippen LogP contribution in [0.5, 0.6) is 5.75 Å². The zero-order valence-corrected chi connectivity index (χ0v) is 13.8. The van der Waals surface area contributed by atoms with E-state index in [1.165, 1.54) is 38.3 Å². The van der Waals surface area contributed by atoms with Crippen molar-refractivity contribution in [2.24, 2.45) is 0 Å². The first-order valence-electron chi connectivity index (χ1n) is 6.81. The molecule has 8 heteroatoms. The number of carbonyl (C=O) groups excluding carboxylic acids is 2. The number of thiophene rings is 1. The van der Waals surface area contributed by atoms with Crippen LogP contribution in [-0.2, 0) is 4.79 Å². The van der Waals surface area contributed by atoms with Crippen molar-refractivity contribution in [2.45, 2.75) is 6.92 Å². The number of nitrogens with one attached hydrogen (secondary N) is 1. The van der Waals surface area contributed by atoms with E-state index in [0.717, 1.165) is 11.3 Å². The molecule has 0 radical (unpaired) electrons. The summed E-state index contributed by atoms with van der Waals surface area (Å²) in [6.07, 6.45) is 2.83. The molecule has 0 fully saturated rings. The molecule has 0 aliphatic heterocycles. The van der Waals surface area contributed by atoms with Crippen molar-refractivity contribution in [3.63, 3.8) is 0 Å². The first-order chi connectivity index (χ1) is 11.4. The number of hydrogen-bond donors (Lipinski definition) is 1. The highest BCUT2D eigenvalue weighted by Crippen LogP contribution is 2.26. The number of carbonyl (C=O) groups is 2. The third-order valence-electron chi connectivity index (χ3n) is 3.01. The summed E-state index contributed by atoms with van der Waals surface area (Å²) in [6.45, 7) is 1.36. The number of benzene rings is 1. The molecule has 1 aromatic carbocycles. The third-order valence-corrected chi connectivity index (χ3v) is 3.91. The smallest absolute Gasteiger partial charge is 0.324 e. The molecule has 0 aliphatic rings. The van der Waals surface area contributed by atoms with E-state index in [1.807, 2.05) is 0 Å². The standard InChI is InChI=1S/C16H14N2O5S/c1-10(19)17-13-8-12(4-6-15(13)23-2)14(20)5-3-11-7-16(18(21)22)24-9-11/h3-9H,1-2H3,(H,17,19)/b5-3-. The summed E-state index contributed by atoms with van der Waals surface area (Å²) >= 11 is 0.994. The van der Waals surface area contributed by atoms with Gasteiger partial charge in [-0.3, -0.25) is 19.7 Å². The lowest BCUT2D eigenvalue weighted by Gasteiger charge is -2.09. The number of methoxy groups -OCH3 is 1. The summed E-state index contributed by atoms with van der Waals surface area (Å²) in [4.78, 5) is 33.6. The average Bonchev–Trinajstić information content (AvgIpc) is 3.01. The molecule has 2 rings (SSSR count). The Hall–Kier alpha value is -3.00. The second kappa shape index (κ2) is 7.51. The van der Waals surface area contributed by atoms with Crippen LogP contribution in [0.25, 0.3) is 6.08 Å². The van der Waals surface area contributed by atoms with Gasteiger partial charge in [-0.15, -0.1) is 0 Å². The van der Waals surface area contributed by atoms with Gasteiger partial charge in [-0.25, -0.2) is 0 Å². The van der Waals surface area contributed by atoms with Crippen molar-refractivity contribution in [2.75, 3.05) is 12.4 Å². The molecule has 1 aromatic heterocycles. The molecule has 0 aliphatic carbocycles. The Kier molecular flexibility index (Phi) is 5.43. The van der Waals surface area contributed by atoms with E-state index < -0.39 is 4.92 Å². The van der Waals surface area contributed by atoms with Crippen LogP contribution < -0.4 is 10.1 Å². The lowest BCUT2D eigenvalue weighted by molar-refractivity contribution is -0.380. The second-order valence-corrected chi connectivity index (χ2v) is 5.66. The van der Waals surface area contributed by atoms with Crippen molar-refractivity contribution in [3.05, 3.63) is 57.0 Å². The Morgan fingerprint density at radius 1 is 1.33 bits per heavy atom. The molecule has 0 saturated heterocycles. The van der Waals surface area contributed by atoms with Crippen LogP contribution >= 0.6 is 11.3 Å². The maximum Gasteiger partial charge on any atom is 0.324 e. The number of nitro groups is 1. The fraction of sp³-hybridized carbons (Fsp3) is 0.125. The van der Waals surface area contributed by atoms with Gasteiger partial charge >= 0.3 is 5.00 Å². The van der Waals surface area contributed by atoms with Crippen LogP contribution in [0.4, 0.5) is 10.7 Å². The van der Waals surface area contributed by atoms with Gasteiger partial charge in [-0.2, -0.15) is 0 Å². The predicted octanol–water partition coefficient (Wildman–Crippen LogP) is 3.52. The molecule has 7 nitrogen and oxygen atoms in total. The number of ketones is 1. The fourth-order valence-electron chi connectivity index (χ4n) is 1.94. The highest BCUT2D eigenvalue weighted by Gasteiger charge is 2.11. The SMILES string of the molecule is COc1ccc(C(=O)/C=C\c2csc([N+](=O)[O-])c2)cc1NC(C)=O. The molecular formula is C16H14N2O5S. The Bertz CT molecular complexity index is 826. The van der Waals surface area contributed by atoms with Crippen LogP contribution in [0.2, 0.25) is 0 Å². The lowest BCUT2D eigenvalue weighted by atomic mass is 10.1. The average molecular weight is 346 g/mol. The van der Waals surface area contributed by atoms with Crippen molar-refractivity contribution < 1.29 is 19.2 Å². The Balaban J connectivity index is 2.20. The molecular weight excluding hydrogens is 332 g/mol. The van der Waals surface area contributed by atoms with E-state index in [0.29, 0.717) is 22.6 Å². The molecule has 0 bridgehead atoms. The Morgan fingerprint density at radius 3 is 2.67 bits per heavy atom. The molecule has 2 aromatic rings. The van der Waals surface area contributed by atoms with Gasteiger partial charge < -0.3 is 10.1 Å². The highest BCUT2D eigenvalue weighted by molar-refractivity contribution is 7.13. The molecule has 0 unspecified atom stereocenters. The number of rotatable bonds is 6. The van der Waals surface area contributed by atoms with Gasteiger partial charge in [0.1, 0.15) is 5.75 Å². The van der Waals surface area contributed by atoms with Crippen molar-refractivity contribution in [1.82, 2.24) is 0 Å². The largest absolute Gasteiger partial charge is 0.495 e. The molecule has 124 valence electrons. The summed E-state index contributed by atoms with van der Waals surface area (Å²) in [5.74, 6) is -0.128. The predicted molar refractivity (Wildman–Crippen MR) is 91.6 cm³/mol. The van der Waals surface area contributed by atoms with Crippen molar-refractivity contribution in [1.29, 1.82) is 0 Å². The molecule has 1 heterocycles. The van der Waals surface area contributed by atoms with Gasteiger partial charge in [0, 0.05) is 23.9 Å². The van der Waals surface area contributed by atoms with Gasteiger partial charge in [0.2, 0.25) is 5.91 Å². The maximum absolute atomic E-state index is 12.2. The zero-order chi connectivity index (χ0) is 17.7.